The third-order valence-corrected chi connectivity index (χ3v) is 2.74. The van der Waals surface area contributed by atoms with Gasteiger partial charge in [0.05, 0.1) is 0 Å². The summed E-state index contributed by atoms with van der Waals surface area (Å²) in [5.74, 6) is 0. The normalized spacial score (nSPS) is 11.1. The van der Waals surface area contributed by atoms with E-state index in [1.807, 2.05) is 6.92 Å². The number of rotatable bonds is 4. The summed E-state index contributed by atoms with van der Waals surface area (Å²) >= 11 is 5.90. The van der Waals surface area contributed by atoms with Gasteiger partial charge in [0.15, 0.2) is 0 Å². The van der Waals surface area contributed by atoms with E-state index in [1.54, 1.807) is 13.8 Å². The minimum Gasteiger partial charge on any atom is -0.284 e. The molecule has 16 heavy (non-hydrogen) atoms. The quantitative estimate of drug-likeness (QED) is 0.761. The molecule has 0 aliphatic carbocycles. The molecule has 0 aliphatic heterocycles. The van der Waals surface area contributed by atoms with Crippen molar-refractivity contribution >= 4 is 11.6 Å². The molecule has 0 aliphatic rings. The van der Waals surface area contributed by atoms with Gasteiger partial charge in [-0.2, -0.15) is 0 Å². The Hall–Kier alpha value is -1.03. The molecule has 1 aromatic heterocycles. The van der Waals surface area contributed by atoms with E-state index >= 15 is 0 Å². The SMILES string of the molecule is CCCCn1c(Cl)cc(=O)n(C(C)C)c1=O. The zero-order valence-corrected chi connectivity index (χ0v) is 10.6. The predicted octanol–water partition coefficient (Wildman–Crippen LogP) is 2.04. The molecule has 1 heterocycles. The Morgan fingerprint density at radius 2 is 2.00 bits per heavy atom. The highest BCUT2D eigenvalue weighted by Gasteiger charge is 2.11. The molecule has 1 rings (SSSR count). The molecule has 0 unspecified atom stereocenters. The monoisotopic (exact) mass is 244 g/mol. The lowest BCUT2D eigenvalue weighted by molar-refractivity contribution is 0.492. The largest absolute Gasteiger partial charge is 0.332 e. The summed E-state index contributed by atoms with van der Waals surface area (Å²) in [6, 6.07) is 1.16. The fourth-order valence-electron chi connectivity index (χ4n) is 1.56. The number of hydrogen-bond acceptors (Lipinski definition) is 2. The van der Waals surface area contributed by atoms with E-state index in [0.29, 0.717) is 6.54 Å². The van der Waals surface area contributed by atoms with Crippen molar-refractivity contribution in [2.45, 2.75) is 46.2 Å². The van der Waals surface area contributed by atoms with Gasteiger partial charge in [-0.25, -0.2) is 4.79 Å². The van der Waals surface area contributed by atoms with Crippen molar-refractivity contribution in [1.29, 1.82) is 0 Å². The molecule has 5 heteroatoms. The second-order valence-electron chi connectivity index (χ2n) is 4.06. The molecule has 0 saturated carbocycles. The predicted molar refractivity (Wildman–Crippen MR) is 65.3 cm³/mol. The lowest BCUT2D eigenvalue weighted by Crippen LogP contribution is -2.40. The molecule has 0 amide bonds. The number of unbranched alkanes of at least 4 members (excludes halogenated alkanes) is 1. The Morgan fingerprint density at radius 1 is 1.38 bits per heavy atom. The first-order valence-electron chi connectivity index (χ1n) is 5.51. The average Bonchev–Trinajstić information content (AvgIpc) is 2.16. The second kappa shape index (κ2) is 5.34. The van der Waals surface area contributed by atoms with Gasteiger partial charge in [-0.05, 0) is 20.3 Å². The standard InChI is InChI=1S/C11H17ClN2O2/c1-4-5-6-13-9(12)7-10(15)14(8(2)3)11(13)16/h7-8H,4-6H2,1-3H3. The van der Waals surface area contributed by atoms with Gasteiger partial charge in [0.25, 0.3) is 5.56 Å². The molecule has 0 saturated heterocycles. The summed E-state index contributed by atoms with van der Waals surface area (Å²) < 4.78 is 2.67. The zero-order chi connectivity index (χ0) is 12.3. The van der Waals surface area contributed by atoms with Gasteiger partial charge in [0, 0.05) is 18.7 Å². The van der Waals surface area contributed by atoms with Crippen LogP contribution in [0.1, 0.15) is 39.7 Å². The van der Waals surface area contributed by atoms with Crippen LogP contribution in [0.3, 0.4) is 0 Å². The number of hydrogen-bond donors (Lipinski definition) is 0. The van der Waals surface area contributed by atoms with Gasteiger partial charge in [0.2, 0.25) is 0 Å². The van der Waals surface area contributed by atoms with Crippen LogP contribution in [0.25, 0.3) is 0 Å². The highest BCUT2D eigenvalue weighted by molar-refractivity contribution is 6.29. The highest BCUT2D eigenvalue weighted by atomic mass is 35.5. The van der Waals surface area contributed by atoms with Gasteiger partial charge in [0.1, 0.15) is 5.15 Å². The molecule has 0 radical (unpaired) electrons. The lowest BCUT2D eigenvalue weighted by atomic mass is 10.3. The van der Waals surface area contributed by atoms with E-state index in [2.05, 4.69) is 0 Å². The van der Waals surface area contributed by atoms with Crippen molar-refractivity contribution in [3.8, 4) is 0 Å². The number of aromatic nitrogens is 2. The molecule has 0 spiro atoms. The van der Waals surface area contributed by atoms with Crippen molar-refractivity contribution < 1.29 is 0 Å². The molecule has 4 nitrogen and oxygen atoms in total. The van der Waals surface area contributed by atoms with Gasteiger partial charge in [-0.3, -0.25) is 13.9 Å². The minimum absolute atomic E-state index is 0.148. The first kappa shape index (κ1) is 13.0. The molecule has 1 aromatic rings. The molecule has 0 bridgehead atoms. The summed E-state index contributed by atoms with van der Waals surface area (Å²) in [5.41, 5.74) is -0.654. The average molecular weight is 245 g/mol. The van der Waals surface area contributed by atoms with Crippen LogP contribution in [0.2, 0.25) is 5.15 Å². The van der Waals surface area contributed by atoms with E-state index in [0.717, 1.165) is 12.8 Å². The summed E-state index contributed by atoms with van der Waals surface area (Å²) in [4.78, 5) is 23.6. The molecule has 0 atom stereocenters. The van der Waals surface area contributed by atoms with Crippen LogP contribution >= 0.6 is 11.6 Å². The first-order valence-corrected chi connectivity index (χ1v) is 5.88. The molecular formula is C11H17ClN2O2. The maximum absolute atomic E-state index is 12.0. The highest BCUT2D eigenvalue weighted by Crippen LogP contribution is 2.05. The van der Waals surface area contributed by atoms with Crippen molar-refractivity contribution in [3.63, 3.8) is 0 Å². The van der Waals surface area contributed by atoms with Crippen LogP contribution in [0, 0.1) is 0 Å². The maximum atomic E-state index is 12.0. The van der Waals surface area contributed by atoms with E-state index in [9.17, 15) is 9.59 Å². The van der Waals surface area contributed by atoms with Crippen molar-refractivity contribution in [2.75, 3.05) is 0 Å². The Kier molecular flexibility index (Phi) is 4.35. The third-order valence-electron chi connectivity index (χ3n) is 2.43. The number of halogens is 1. The molecule has 0 N–H and O–H groups in total. The lowest BCUT2D eigenvalue weighted by Gasteiger charge is -2.13. The Labute approximate surface area is 99.5 Å². The third kappa shape index (κ3) is 2.55. The van der Waals surface area contributed by atoms with Gasteiger partial charge in [-0.1, -0.05) is 24.9 Å². The molecule has 0 aromatic carbocycles. The minimum atomic E-state index is -0.335. The van der Waals surface area contributed by atoms with Gasteiger partial charge < -0.3 is 0 Å². The van der Waals surface area contributed by atoms with Crippen molar-refractivity contribution in [3.05, 3.63) is 32.1 Å². The summed E-state index contributed by atoms with van der Waals surface area (Å²) in [6.07, 6.45) is 1.85. The summed E-state index contributed by atoms with van der Waals surface area (Å²) in [6.45, 7) is 6.21. The van der Waals surface area contributed by atoms with Crippen LogP contribution in [0.4, 0.5) is 0 Å². The fraction of sp³-hybridized carbons (Fsp3) is 0.636. The topological polar surface area (TPSA) is 44.0 Å². The summed E-state index contributed by atoms with van der Waals surface area (Å²) in [7, 11) is 0. The second-order valence-corrected chi connectivity index (χ2v) is 4.44. The summed E-state index contributed by atoms with van der Waals surface area (Å²) in [5, 5.41) is 0.223. The van der Waals surface area contributed by atoms with Crippen molar-refractivity contribution in [2.24, 2.45) is 0 Å². The van der Waals surface area contributed by atoms with Crippen LogP contribution in [-0.2, 0) is 6.54 Å². The van der Waals surface area contributed by atoms with E-state index in [1.165, 1.54) is 15.2 Å². The molecule has 0 fully saturated rings. The van der Waals surface area contributed by atoms with Crippen LogP contribution in [0.5, 0.6) is 0 Å². The van der Waals surface area contributed by atoms with Gasteiger partial charge >= 0.3 is 5.69 Å². The smallest absolute Gasteiger partial charge is 0.284 e. The van der Waals surface area contributed by atoms with Crippen LogP contribution in [-0.4, -0.2) is 9.13 Å². The van der Waals surface area contributed by atoms with E-state index < -0.39 is 0 Å². The Bertz CT molecular complexity index is 474. The zero-order valence-electron chi connectivity index (χ0n) is 9.86. The Balaban J connectivity index is 3.34. The Morgan fingerprint density at radius 3 is 2.50 bits per heavy atom. The van der Waals surface area contributed by atoms with Crippen LogP contribution < -0.4 is 11.2 Å². The van der Waals surface area contributed by atoms with Crippen molar-refractivity contribution in [1.82, 2.24) is 9.13 Å². The van der Waals surface area contributed by atoms with Gasteiger partial charge in [-0.15, -0.1) is 0 Å². The van der Waals surface area contributed by atoms with Crippen LogP contribution in [0.15, 0.2) is 15.7 Å². The number of nitrogens with zero attached hydrogens (tertiary/aromatic N) is 2. The van der Waals surface area contributed by atoms with E-state index in [4.69, 9.17) is 11.6 Å². The van der Waals surface area contributed by atoms with E-state index in [-0.39, 0.29) is 22.4 Å². The fourth-order valence-corrected chi connectivity index (χ4v) is 1.81. The first-order chi connectivity index (χ1) is 7.49. The maximum Gasteiger partial charge on any atom is 0.332 e. The molecule has 90 valence electrons. The molecular weight excluding hydrogens is 228 g/mol.